The second-order valence-electron chi connectivity index (χ2n) is 4.02. The molecule has 0 aromatic rings. The van der Waals surface area contributed by atoms with E-state index in [1.807, 2.05) is 6.92 Å². The van der Waals surface area contributed by atoms with Crippen molar-refractivity contribution in [1.29, 1.82) is 0 Å². The zero-order valence-electron chi connectivity index (χ0n) is 10.2. The number of nitrogens with two attached hydrogens (primary N) is 1. The Labute approximate surface area is 97.3 Å². The van der Waals surface area contributed by atoms with Gasteiger partial charge in [0.05, 0.1) is 13.2 Å². The molecule has 0 spiro atoms. The lowest BCUT2D eigenvalue weighted by Crippen LogP contribution is -2.58. The molecule has 0 saturated carbocycles. The van der Waals surface area contributed by atoms with Crippen LogP contribution in [-0.2, 0) is 9.53 Å². The minimum absolute atomic E-state index is 0.0501. The van der Waals surface area contributed by atoms with Gasteiger partial charge >= 0.3 is 0 Å². The van der Waals surface area contributed by atoms with Crippen LogP contribution < -0.4 is 11.1 Å². The summed E-state index contributed by atoms with van der Waals surface area (Å²) < 4.78 is 5.38. The molecule has 0 aromatic heterocycles. The summed E-state index contributed by atoms with van der Waals surface area (Å²) in [6.45, 7) is 7.22. The van der Waals surface area contributed by atoms with E-state index >= 15 is 0 Å². The van der Waals surface area contributed by atoms with Crippen LogP contribution in [0.1, 0.15) is 20.3 Å². The third-order valence-electron chi connectivity index (χ3n) is 3.04. The summed E-state index contributed by atoms with van der Waals surface area (Å²) in [7, 11) is 0. The van der Waals surface area contributed by atoms with Crippen LogP contribution in [0, 0.1) is 0 Å². The van der Waals surface area contributed by atoms with Gasteiger partial charge < -0.3 is 15.8 Å². The summed E-state index contributed by atoms with van der Waals surface area (Å²) in [6.07, 6.45) is 0.965. The van der Waals surface area contributed by atoms with Crippen LogP contribution in [0.4, 0.5) is 0 Å². The summed E-state index contributed by atoms with van der Waals surface area (Å²) in [6, 6.07) is 0.0960. The minimum Gasteiger partial charge on any atom is -0.378 e. The van der Waals surface area contributed by atoms with E-state index < -0.39 is 0 Å². The van der Waals surface area contributed by atoms with Gasteiger partial charge in [-0.2, -0.15) is 0 Å². The Kier molecular flexibility index (Phi) is 5.73. The number of nitrogens with one attached hydrogen (secondary N) is 1. The number of hydrogen-bond donors (Lipinski definition) is 2. The quantitative estimate of drug-likeness (QED) is 0.671. The monoisotopic (exact) mass is 229 g/mol. The van der Waals surface area contributed by atoms with E-state index in [0.717, 1.165) is 13.0 Å². The van der Waals surface area contributed by atoms with E-state index in [4.69, 9.17) is 10.5 Å². The molecule has 94 valence electrons. The van der Waals surface area contributed by atoms with Crippen LogP contribution in [0.15, 0.2) is 0 Å². The lowest BCUT2D eigenvalue weighted by Gasteiger charge is -2.39. The van der Waals surface area contributed by atoms with Gasteiger partial charge in [-0.25, -0.2) is 0 Å². The van der Waals surface area contributed by atoms with E-state index in [1.165, 1.54) is 0 Å². The largest absolute Gasteiger partial charge is 0.378 e. The van der Waals surface area contributed by atoms with Gasteiger partial charge in [0.25, 0.3) is 0 Å². The Bertz CT molecular complexity index is 219. The standard InChI is InChI=1S/C11H23N3O2/c1-3-9(7-12)14-5-6-16-8-10(14)11(15)13-4-2/h9-10H,3-8,12H2,1-2H3,(H,13,15). The zero-order chi connectivity index (χ0) is 12.0. The Morgan fingerprint density at radius 3 is 2.94 bits per heavy atom. The Morgan fingerprint density at radius 1 is 1.62 bits per heavy atom. The van der Waals surface area contributed by atoms with Gasteiger partial charge in [0.15, 0.2) is 0 Å². The third kappa shape index (κ3) is 3.17. The van der Waals surface area contributed by atoms with Gasteiger partial charge in [0, 0.05) is 25.7 Å². The Hall–Kier alpha value is -0.650. The zero-order valence-corrected chi connectivity index (χ0v) is 10.2. The van der Waals surface area contributed by atoms with Crippen LogP contribution in [0.25, 0.3) is 0 Å². The third-order valence-corrected chi connectivity index (χ3v) is 3.04. The maximum Gasteiger partial charge on any atom is 0.239 e. The van der Waals surface area contributed by atoms with Crippen molar-refractivity contribution in [2.24, 2.45) is 5.73 Å². The fourth-order valence-electron chi connectivity index (χ4n) is 2.11. The van der Waals surface area contributed by atoms with Crippen LogP contribution in [-0.4, -0.2) is 55.7 Å². The fraction of sp³-hybridized carbons (Fsp3) is 0.909. The second kappa shape index (κ2) is 6.83. The van der Waals surface area contributed by atoms with Gasteiger partial charge in [-0.1, -0.05) is 6.92 Å². The summed E-state index contributed by atoms with van der Waals surface area (Å²) in [5.74, 6) is 0.0501. The summed E-state index contributed by atoms with van der Waals surface area (Å²) in [4.78, 5) is 14.0. The molecule has 0 radical (unpaired) electrons. The van der Waals surface area contributed by atoms with Crippen molar-refractivity contribution < 1.29 is 9.53 Å². The fourth-order valence-corrected chi connectivity index (χ4v) is 2.11. The average Bonchev–Trinajstić information content (AvgIpc) is 2.31. The molecule has 1 heterocycles. The molecular weight excluding hydrogens is 206 g/mol. The molecule has 2 unspecified atom stereocenters. The average molecular weight is 229 g/mol. The number of morpholine rings is 1. The number of rotatable bonds is 5. The van der Waals surface area contributed by atoms with E-state index in [2.05, 4.69) is 17.1 Å². The number of carbonyl (C=O) groups excluding carboxylic acids is 1. The number of nitrogens with zero attached hydrogens (tertiary/aromatic N) is 1. The molecule has 3 N–H and O–H groups in total. The first-order valence-corrected chi connectivity index (χ1v) is 6.05. The van der Waals surface area contributed by atoms with Gasteiger partial charge in [0.2, 0.25) is 5.91 Å². The van der Waals surface area contributed by atoms with Crippen molar-refractivity contribution in [3.8, 4) is 0 Å². The van der Waals surface area contributed by atoms with Crippen molar-refractivity contribution in [3.63, 3.8) is 0 Å². The highest BCUT2D eigenvalue weighted by molar-refractivity contribution is 5.82. The number of hydrogen-bond acceptors (Lipinski definition) is 4. The normalized spacial score (nSPS) is 24.1. The highest BCUT2D eigenvalue weighted by Gasteiger charge is 2.32. The molecule has 16 heavy (non-hydrogen) atoms. The van der Waals surface area contributed by atoms with Gasteiger partial charge in [-0.05, 0) is 13.3 Å². The number of amides is 1. The van der Waals surface area contributed by atoms with E-state index in [-0.39, 0.29) is 18.0 Å². The number of carbonyl (C=O) groups is 1. The molecule has 0 aliphatic carbocycles. The van der Waals surface area contributed by atoms with Crippen molar-refractivity contribution in [2.75, 3.05) is 32.8 Å². The molecule has 1 aliphatic heterocycles. The van der Waals surface area contributed by atoms with Crippen LogP contribution in [0.5, 0.6) is 0 Å². The maximum atomic E-state index is 11.9. The van der Waals surface area contributed by atoms with Gasteiger partial charge in [-0.15, -0.1) is 0 Å². The van der Waals surface area contributed by atoms with Crippen molar-refractivity contribution in [2.45, 2.75) is 32.4 Å². The highest BCUT2D eigenvalue weighted by Crippen LogP contribution is 2.13. The van der Waals surface area contributed by atoms with Crippen LogP contribution in [0.3, 0.4) is 0 Å². The number of ether oxygens (including phenoxy) is 1. The van der Waals surface area contributed by atoms with Crippen molar-refractivity contribution >= 4 is 5.91 Å². The summed E-state index contributed by atoms with van der Waals surface area (Å²) >= 11 is 0. The predicted octanol–water partition coefficient (Wildman–Crippen LogP) is -0.439. The molecular formula is C11H23N3O2. The summed E-state index contributed by atoms with van der Waals surface area (Å²) in [5.41, 5.74) is 5.74. The summed E-state index contributed by atoms with van der Waals surface area (Å²) in [5, 5.41) is 2.85. The molecule has 1 fully saturated rings. The van der Waals surface area contributed by atoms with Crippen LogP contribution in [0.2, 0.25) is 0 Å². The molecule has 1 saturated heterocycles. The minimum atomic E-state index is -0.179. The molecule has 1 aliphatic rings. The smallest absolute Gasteiger partial charge is 0.239 e. The number of likely N-dealkylation sites (N-methyl/N-ethyl adjacent to an activating group) is 1. The van der Waals surface area contributed by atoms with Gasteiger partial charge in [0.1, 0.15) is 6.04 Å². The molecule has 0 bridgehead atoms. The first-order valence-electron chi connectivity index (χ1n) is 6.05. The van der Waals surface area contributed by atoms with E-state index in [9.17, 15) is 4.79 Å². The second-order valence-corrected chi connectivity index (χ2v) is 4.02. The van der Waals surface area contributed by atoms with E-state index in [0.29, 0.717) is 26.3 Å². The highest BCUT2D eigenvalue weighted by atomic mass is 16.5. The SMILES string of the molecule is CCNC(=O)C1COCCN1C(CC)CN. The van der Waals surface area contributed by atoms with Crippen molar-refractivity contribution in [1.82, 2.24) is 10.2 Å². The Morgan fingerprint density at radius 2 is 2.38 bits per heavy atom. The molecule has 1 rings (SSSR count). The van der Waals surface area contributed by atoms with Gasteiger partial charge in [-0.3, -0.25) is 9.69 Å². The topological polar surface area (TPSA) is 67.6 Å². The Balaban J connectivity index is 2.66. The predicted molar refractivity (Wildman–Crippen MR) is 63.1 cm³/mol. The lowest BCUT2D eigenvalue weighted by atomic mass is 10.1. The molecule has 5 nitrogen and oxygen atoms in total. The lowest BCUT2D eigenvalue weighted by molar-refractivity contribution is -0.134. The maximum absolute atomic E-state index is 11.9. The molecule has 0 aromatic carbocycles. The molecule has 5 heteroatoms. The first kappa shape index (κ1) is 13.4. The molecule has 1 amide bonds. The van der Waals surface area contributed by atoms with Crippen molar-refractivity contribution in [3.05, 3.63) is 0 Å². The molecule has 2 atom stereocenters. The van der Waals surface area contributed by atoms with E-state index in [1.54, 1.807) is 0 Å². The first-order chi connectivity index (χ1) is 7.74. The van der Waals surface area contributed by atoms with Crippen LogP contribution >= 0.6 is 0 Å².